The number of rotatable bonds is 0. The van der Waals surface area contributed by atoms with Crippen LogP contribution in [0.4, 0.5) is 0 Å². The van der Waals surface area contributed by atoms with Gasteiger partial charge in [-0.15, -0.1) is 0 Å². The van der Waals surface area contributed by atoms with Gasteiger partial charge in [0.05, 0.1) is 15.9 Å². The maximum atomic E-state index is 15.6. The van der Waals surface area contributed by atoms with Gasteiger partial charge in [-0.1, -0.05) is 36.4 Å². The zero-order chi connectivity index (χ0) is 25.2. The minimum atomic E-state index is -3.56. The van der Waals surface area contributed by atoms with Crippen LogP contribution in [0.3, 0.4) is 0 Å². The third-order valence-electron chi connectivity index (χ3n) is 7.56. The van der Waals surface area contributed by atoms with Crippen LogP contribution in [-0.4, -0.2) is 0 Å². The van der Waals surface area contributed by atoms with Crippen molar-refractivity contribution < 1.29 is 28.1 Å². The van der Waals surface area contributed by atoms with E-state index in [9.17, 15) is 0 Å². The second kappa shape index (κ2) is 6.79. The van der Waals surface area contributed by atoms with E-state index in [1.807, 2.05) is 60.7 Å². The SMILES string of the molecule is O=P12c3ccccc3Oc3cccc(c31)Oc1c2ccc2c1P1(=O)c3ccccc3Oc3cccc(c31)O2. The highest BCUT2D eigenvalue weighted by atomic mass is 31.2. The highest BCUT2D eigenvalue weighted by Gasteiger charge is 2.53. The molecule has 0 fully saturated rings. The van der Waals surface area contributed by atoms with E-state index in [1.54, 1.807) is 36.4 Å². The summed E-state index contributed by atoms with van der Waals surface area (Å²) < 4.78 is 56.2. The van der Waals surface area contributed by atoms with E-state index in [1.165, 1.54) is 0 Å². The van der Waals surface area contributed by atoms with Gasteiger partial charge in [-0.25, -0.2) is 0 Å². The summed E-state index contributed by atoms with van der Waals surface area (Å²) in [6, 6.07) is 29.0. The van der Waals surface area contributed by atoms with Crippen LogP contribution in [0.5, 0.6) is 46.0 Å². The first-order chi connectivity index (χ1) is 18.6. The van der Waals surface area contributed by atoms with Crippen molar-refractivity contribution in [3.8, 4) is 46.0 Å². The van der Waals surface area contributed by atoms with E-state index in [0.29, 0.717) is 77.8 Å². The molecule has 4 aliphatic rings. The van der Waals surface area contributed by atoms with Crippen LogP contribution in [0.1, 0.15) is 0 Å². The number of hydrogen-bond acceptors (Lipinski definition) is 6. The first-order valence-corrected chi connectivity index (χ1v) is 15.6. The maximum absolute atomic E-state index is 15.6. The summed E-state index contributed by atoms with van der Waals surface area (Å²) in [6.07, 6.45) is 0. The lowest BCUT2D eigenvalue weighted by molar-refractivity contribution is 0.450. The van der Waals surface area contributed by atoms with Crippen molar-refractivity contribution in [3.05, 3.63) is 97.1 Å². The molecule has 0 amide bonds. The Morgan fingerprint density at radius 3 is 1.45 bits per heavy atom. The molecule has 5 aromatic carbocycles. The van der Waals surface area contributed by atoms with Crippen LogP contribution >= 0.6 is 14.3 Å². The molecule has 0 radical (unpaired) electrons. The molecule has 0 N–H and O–H groups in total. The quantitative estimate of drug-likeness (QED) is 0.243. The van der Waals surface area contributed by atoms with Gasteiger partial charge in [0, 0.05) is 0 Å². The average Bonchev–Trinajstić information content (AvgIpc) is 2.93. The maximum Gasteiger partial charge on any atom is 0.189 e. The Balaban J connectivity index is 1.43. The van der Waals surface area contributed by atoms with E-state index in [0.717, 1.165) is 0 Å². The Hall–Kier alpha value is -4.24. The standard InChI is InChI=1S/C30H16O6P2/c31-37-24-13-3-1-7-17(24)33-19-9-6-12-22(28(19)37)36-27-26(37)16-15-23-30(27)38(32)25-14-4-2-8-18(25)34-20-10-5-11-21(35-23)29(20)38/h1-16H. The fourth-order valence-corrected chi connectivity index (χ4v) is 12.3. The molecule has 9 rings (SSSR count). The minimum Gasteiger partial charge on any atom is -0.456 e. The van der Waals surface area contributed by atoms with Crippen molar-refractivity contribution in [2.75, 3.05) is 0 Å². The molecular formula is C30H16O6P2. The number of fused-ring (bicyclic) bond motifs is 9. The molecule has 0 saturated heterocycles. The fourth-order valence-electron chi connectivity index (χ4n) is 6.02. The second-order valence-corrected chi connectivity index (χ2v) is 14.8. The van der Waals surface area contributed by atoms with Crippen LogP contribution in [-0.2, 0) is 9.13 Å². The van der Waals surface area contributed by atoms with Crippen molar-refractivity contribution in [1.29, 1.82) is 0 Å². The summed E-state index contributed by atoms with van der Waals surface area (Å²) in [5.74, 6) is 3.68. The van der Waals surface area contributed by atoms with Gasteiger partial charge in [-0.05, 0) is 60.7 Å². The zero-order valence-corrected chi connectivity index (χ0v) is 21.4. The highest BCUT2D eigenvalue weighted by molar-refractivity contribution is 7.88. The smallest absolute Gasteiger partial charge is 0.189 e. The Morgan fingerprint density at radius 1 is 0.368 bits per heavy atom. The van der Waals surface area contributed by atoms with Crippen LogP contribution in [0, 0.1) is 0 Å². The highest BCUT2D eigenvalue weighted by Crippen LogP contribution is 2.64. The van der Waals surface area contributed by atoms with Crippen LogP contribution < -0.4 is 50.8 Å². The Kier molecular flexibility index (Phi) is 3.71. The molecule has 2 unspecified atom stereocenters. The number of ether oxygens (including phenoxy) is 4. The van der Waals surface area contributed by atoms with Gasteiger partial charge < -0.3 is 28.1 Å². The average molecular weight is 534 g/mol. The molecule has 6 nitrogen and oxygen atoms in total. The van der Waals surface area contributed by atoms with Gasteiger partial charge in [0.2, 0.25) is 0 Å². The molecular weight excluding hydrogens is 518 g/mol. The molecule has 5 aromatic rings. The summed E-state index contributed by atoms with van der Waals surface area (Å²) >= 11 is 0. The topological polar surface area (TPSA) is 71.1 Å². The van der Waals surface area contributed by atoms with Gasteiger partial charge in [-0.3, -0.25) is 0 Å². The van der Waals surface area contributed by atoms with Crippen molar-refractivity contribution in [1.82, 2.24) is 0 Å². The Bertz CT molecular complexity index is 2000. The summed E-state index contributed by atoms with van der Waals surface area (Å²) in [5, 5.41) is 3.05. The largest absolute Gasteiger partial charge is 0.456 e. The third kappa shape index (κ3) is 2.28. The molecule has 0 aliphatic carbocycles. The van der Waals surface area contributed by atoms with Crippen molar-refractivity contribution in [2.24, 2.45) is 0 Å². The molecule has 38 heavy (non-hydrogen) atoms. The zero-order valence-electron chi connectivity index (χ0n) is 19.6. The van der Waals surface area contributed by atoms with E-state index >= 15 is 9.13 Å². The molecule has 4 heterocycles. The monoisotopic (exact) mass is 534 g/mol. The first kappa shape index (κ1) is 20.8. The van der Waals surface area contributed by atoms with E-state index in [4.69, 9.17) is 18.9 Å². The lowest BCUT2D eigenvalue weighted by atomic mass is 10.2. The number of para-hydroxylation sites is 2. The van der Waals surface area contributed by atoms with Crippen molar-refractivity contribution in [2.45, 2.75) is 0 Å². The molecule has 182 valence electrons. The van der Waals surface area contributed by atoms with Gasteiger partial charge in [0.25, 0.3) is 0 Å². The normalized spacial score (nSPS) is 21.9. The van der Waals surface area contributed by atoms with Gasteiger partial charge >= 0.3 is 0 Å². The lowest BCUT2D eigenvalue weighted by Crippen LogP contribution is -2.41. The fraction of sp³-hybridized carbons (Fsp3) is 0. The van der Waals surface area contributed by atoms with E-state index in [-0.39, 0.29) is 0 Å². The predicted molar refractivity (Wildman–Crippen MR) is 146 cm³/mol. The van der Waals surface area contributed by atoms with Crippen molar-refractivity contribution in [3.63, 3.8) is 0 Å². The van der Waals surface area contributed by atoms with Crippen LogP contribution in [0.25, 0.3) is 0 Å². The number of hydrogen-bond donors (Lipinski definition) is 0. The summed E-state index contributed by atoms with van der Waals surface area (Å²) in [6.45, 7) is 0. The van der Waals surface area contributed by atoms with Gasteiger partial charge in [0.1, 0.15) is 56.2 Å². The first-order valence-electron chi connectivity index (χ1n) is 12.1. The predicted octanol–water partition coefficient (Wildman–Crippen LogP) is 5.39. The summed E-state index contributed by atoms with van der Waals surface area (Å²) in [5.41, 5.74) is 0. The van der Waals surface area contributed by atoms with Gasteiger partial charge in [0.15, 0.2) is 20.0 Å². The molecule has 0 aromatic heterocycles. The second-order valence-electron chi connectivity index (χ2n) is 9.53. The third-order valence-corrected chi connectivity index (χ3v) is 13.9. The molecule has 0 spiro atoms. The lowest BCUT2D eigenvalue weighted by Gasteiger charge is -2.39. The molecule has 2 atom stereocenters. The van der Waals surface area contributed by atoms with Gasteiger partial charge in [-0.2, -0.15) is 0 Å². The summed E-state index contributed by atoms with van der Waals surface area (Å²) in [7, 11) is -7.01. The summed E-state index contributed by atoms with van der Waals surface area (Å²) in [4.78, 5) is 0. The molecule has 0 bridgehead atoms. The van der Waals surface area contributed by atoms with Crippen LogP contribution in [0.2, 0.25) is 0 Å². The molecule has 4 aliphatic heterocycles. The number of benzene rings is 5. The van der Waals surface area contributed by atoms with E-state index in [2.05, 4.69) is 0 Å². The molecule has 8 heteroatoms. The van der Waals surface area contributed by atoms with Crippen molar-refractivity contribution >= 4 is 46.1 Å². The Morgan fingerprint density at radius 2 is 0.816 bits per heavy atom. The van der Waals surface area contributed by atoms with E-state index < -0.39 is 14.3 Å². The Labute approximate surface area is 217 Å². The molecule has 0 saturated carbocycles. The van der Waals surface area contributed by atoms with Crippen LogP contribution in [0.15, 0.2) is 97.1 Å². The minimum absolute atomic E-state index is 0.313.